The molecule has 0 amide bonds. The molecular formula is C10H9BrNO. The molecule has 2 aromatic rings. The van der Waals surface area contributed by atoms with E-state index in [2.05, 4.69) is 20.9 Å². The van der Waals surface area contributed by atoms with E-state index in [1.165, 1.54) is 0 Å². The molecule has 1 aromatic heterocycles. The standard InChI is InChI=1S/C10H9BrNO/c1-6(13)9-5-12-10-3-2-7(11)4-8(9)10/h2-5,12-13H,1H3. The Morgan fingerprint density at radius 1 is 1.46 bits per heavy atom. The summed E-state index contributed by atoms with van der Waals surface area (Å²) in [6.07, 6.45) is 2.15. The van der Waals surface area contributed by atoms with Gasteiger partial charge in [0.05, 0.1) is 0 Å². The van der Waals surface area contributed by atoms with Gasteiger partial charge in [-0.1, -0.05) is 15.9 Å². The largest absolute Gasteiger partial charge is 0.382 e. The average molecular weight is 239 g/mol. The molecule has 2 N–H and O–H groups in total. The zero-order valence-corrected chi connectivity index (χ0v) is 8.72. The van der Waals surface area contributed by atoms with Crippen LogP contribution in [0.5, 0.6) is 0 Å². The summed E-state index contributed by atoms with van der Waals surface area (Å²) >= 11 is 3.40. The first-order chi connectivity index (χ1) is 6.18. The summed E-state index contributed by atoms with van der Waals surface area (Å²) in [7, 11) is 0. The van der Waals surface area contributed by atoms with Crippen molar-refractivity contribution < 1.29 is 5.11 Å². The van der Waals surface area contributed by atoms with Crippen molar-refractivity contribution in [1.82, 2.24) is 4.98 Å². The summed E-state index contributed by atoms with van der Waals surface area (Å²) in [4.78, 5) is 3.10. The van der Waals surface area contributed by atoms with Gasteiger partial charge in [0.25, 0.3) is 0 Å². The molecule has 0 aliphatic carbocycles. The van der Waals surface area contributed by atoms with Crippen molar-refractivity contribution in [2.75, 3.05) is 0 Å². The number of aromatic amines is 1. The fraction of sp³-hybridized carbons (Fsp3) is 0.100. The van der Waals surface area contributed by atoms with E-state index in [0.717, 1.165) is 20.9 Å². The number of aliphatic hydroxyl groups excluding tert-OH is 1. The quantitative estimate of drug-likeness (QED) is 0.787. The van der Waals surface area contributed by atoms with E-state index in [1.807, 2.05) is 24.4 Å². The lowest BCUT2D eigenvalue weighted by Gasteiger charge is -2.00. The molecule has 0 bridgehead atoms. The van der Waals surface area contributed by atoms with Gasteiger partial charge >= 0.3 is 0 Å². The van der Waals surface area contributed by atoms with Crippen molar-refractivity contribution in [1.29, 1.82) is 0 Å². The number of hydrogen-bond donors (Lipinski definition) is 2. The molecule has 0 aliphatic heterocycles. The molecule has 0 spiro atoms. The number of aromatic nitrogens is 1. The van der Waals surface area contributed by atoms with E-state index < -0.39 is 0 Å². The van der Waals surface area contributed by atoms with Crippen molar-refractivity contribution in [3.05, 3.63) is 40.5 Å². The summed E-state index contributed by atoms with van der Waals surface area (Å²) < 4.78 is 1.02. The zero-order valence-electron chi connectivity index (χ0n) is 7.13. The molecule has 2 nitrogen and oxygen atoms in total. The lowest BCUT2D eigenvalue weighted by atomic mass is 10.1. The zero-order chi connectivity index (χ0) is 9.42. The van der Waals surface area contributed by atoms with E-state index in [9.17, 15) is 5.11 Å². The SMILES string of the molecule is C[C](O)c1c[nH]c2ccc(Br)cc12. The minimum Gasteiger partial charge on any atom is -0.382 e. The fourth-order valence-corrected chi connectivity index (χ4v) is 1.75. The van der Waals surface area contributed by atoms with Crippen LogP contribution in [-0.2, 0) is 0 Å². The molecule has 1 radical (unpaired) electrons. The van der Waals surface area contributed by atoms with Gasteiger partial charge in [0.1, 0.15) is 6.10 Å². The molecule has 3 heteroatoms. The monoisotopic (exact) mass is 238 g/mol. The summed E-state index contributed by atoms with van der Waals surface area (Å²) in [5, 5.41) is 10.4. The number of rotatable bonds is 1. The van der Waals surface area contributed by atoms with Crippen LogP contribution in [0.15, 0.2) is 28.9 Å². The van der Waals surface area contributed by atoms with Crippen LogP contribution in [0.1, 0.15) is 12.5 Å². The highest BCUT2D eigenvalue weighted by Crippen LogP contribution is 2.26. The maximum absolute atomic E-state index is 9.38. The lowest BCUT2D eigenvalue weighted by molar-refractivity contribution is 0.342. The number of halogens is 1. The Bertz CT molecular complexity index is 433. The van der Waals surface area contributed by atoms with Crippen molar-refractivity contribution >= 4 is 26.8 Å². The van der Waals surface area contributed by atoms with Crippen molar-refractivity contribution in [2.45, 2.75) is 6.92 Å². The molecule has 0 unspecified atom stereocenters. The number of aliphatic hydroxyl groups is 1. The van der Waals surface area contributed by atoms with Gasteiger partial charge in [0.2, 0.25) is 0 Å². The highest BCUT2D eigenvalue weighted by molar-refractivity contribution is 9.10. The summed E-state index contributed by atoms with van der Waals surface area (Å²) in [5.41, 5.74) is 1.89. The van der Waals surface area contributed by atoms with Crippen molar-refractivity contribution in [3.63, 3.8) is 0 Å². The summed E-state index contributed by atoms with van der Waals surface area (Å²) in [5.74, 6) is 0. The average Bonchev–Trinajstić information content (AvgIpc) is 2.46. The molecule has 0 saturated carbocycles. The van der Waals surface area contributed by atoms with Gasteiger partial charge in [-0.05, 0) is 25.1 Å². The van der Waals surface area contributed by atoms with Gasteiger partial charge in [0, 0.05) is 27.1 Å². The molecule has 1 heterocycles. The predicted molar refractivity (Wildman–Crippen MR) is 56.0 cm³/mol. The third-order valence-electron chi connectivity index (χ3n) is 2.03. The Balaban J connectivity index is 2.71. The van der Waals surface area contributed by atoms with Gasteiger partial charge < -0.3 is 10.1 Å². The molecule has 67 valence electrons. The number of fused-ring (bicyclic) bond motifs is 1. The van der Waals surface area contributed by atoms with Crippen LogP contribution in [0.25, 0.3) is 10.9 Å². The summed E-state index contributed by atoms with van der Waals surface area (Å²) in [6.45, 7) is 1.68. The van der Waals surface area contributed by atoms with Crippen LogP contribution in [0.4, 0.5) is 0 Å². The second-order valence-electron chi connectivity index (χ2n) is 2.98. The number of H-pyrrole nitrogens is 1. The Morgan fingerprint density at radius 2 is 2.23 bits per heavy atom. The first-order valence-electron chi connectivity index (χ1n) is 3.98. The predicted octanol–water partition coefficient (Wildman–Crippen LogP) is 3.20. The van der Waals surface area contributed by atoms with E-state index in [0.29, 0.717) is 6.10 Å². The molecular weight excluding hydrogens is 230 g/mol. The van der Waals surface area contributed by atoms with Crippen LogP contribution in [0, 0.1) is 6.10 Å². The van der Waals surface area contributed by atoms with Gasteiger partial charge in [-0.25, -0.2) is 0 Å². The van der Waals surface area contributed by atoms with Crippen LogP contribution < -0.4 is 0 Å². The van der Waals surface area contributed by atoms with Crippen LogP contribution in [0.2, 0.25) is 0 Å². The minimum atomic E-state index is 0.337. The summed E-state index contributed by atoms with van der Waals surface area (Å²) in [6, 6.07) is 5.93. The Kier molecular flexibility index (Phi) is 2.14. The van der Waals surface area contributed by atoms with E-state index in [-0.39, 0.29) is 0 Å². The lowest BCUT2D eigenvalue weighted by Crippen LogP contribution is -1.88. The molecule has 0 saturated heterocycles. The Hall–Kier alpha value is -0.800. The normalized spacial score (nSPS) is 11.4. The Labute approximate surface area is 84.7 Å². The van der Waals surface area contributed by atoms with Gasteiger partial charge in [0.15, 0.2) is 0 Å². The molecule has 0 fully saturated rings. The highest BCUT2D eigenvalue weighted by Gasteiger charge is 2.08. The second kappa shape index (κ2) is 3.16. The first kappa shape index (κ1) is 8.78. The number of nitrogens with one attached hydrogen (secondary N) is 1. The molecule has 1 aromatic carbocycles. The molecule has 2 rings (SSSR count). The maximum Gasteiger partial charge on any atom is 0.121 e. The van der Waals surface area contributed by atoms with Crippen LogP contribution in [0.3, 0.4) is 0 Å². The van der Waals surface area contributed by atoms with Gasteiger partial charge in [-0.3, -0.25) is 0 Å². The van der Waals surface area contributed by atoms with E-state index in [1.54, 1.807) is 6.92 Å². The number of benzene rings is 1. The molecule has 0 atom stereocenters. The highest BCUT2D eigenvalue weighted by atomic mass is 79.9. The molecule has 0 aliphatic rings. The molecule has 13 heavy (non-hydrogen) atoms. The van der Waals surface area contributed by atoms with Crippen LogP contribution >= 0.6 is 15.9 Å². The van der Waals surface area contributed by atoms with Gasteiger partial charge in [-0.15, -0.1) is 0 Å². The fourth-order valence-electron chi connectivity index (χ4n) is 1.39. The maximum atomic E-state index is 9.38. The first-order valence-corrected chi connectivity index (χ1v) is 4.77. The van der Waals surface area contributed by atoms with Crippen LogP contribution in [-0.4, -0.2) is 10.1 Å². The Morgan fingerprint density at radius 3 is 2.92 bits per heavy atom. The minimum absolute atomic E-state index is 0.337. The van der Waals surface area contributed by atoms with Crippen molar-refractivity contribution in [2.24, 2.45) is 0 Å². The van der Waals surface area contributed by atoms with Crippen molar-refractivity contribution in [3.8, 4) is 0 Å². The van der Waals surface area contributed by atoms with E-state index in [4.69, 9.17) is 0 Å². The van der Waals surface area contributed by atoms with Gasteiger partial charge in [-0.2, -0.15) is 0 Å². The van der Waals surface area contributed by atoms with E-state index >= 15 is 0 Å². The topological polar surface area (TPSA) is 36.0 Å². The third-order valence-corrected chi connectivity index (χ3v) is 2.53. The smallest absolute Gasteiger partial charge is 0.121 e. The second-order valence-corrected chi connectivity index (χ2v) is 3.89. The number of hydrogen-bond acceptors (Lipinski definition) is 1. The third kappa shape index (κ3) is 1.49.